The number of aromatic amines is 1. The molecule has 2 atom stereocenters. The molecule has 1 aliphatic carbocycles. The fraction of sp³-hybridized carbons (Fsp3) is 0.591. The standard InChI is InChI=1S/C22H29F3N4O/c1-2-3-7-21-27-10-16(28-21)12-29-13-19-18(20(19)14-29)11-26-9-15-5-4-6-17(8-15)30-22(23,24)25/h4-6,8,10,18-20,26H,2-3,7,9,11-14H2,1H3,(H,27,28). The van der Waals surface area contributed by atoms with Crippen LogP contribution in [-0.2, 0) is 19.5 Å². The SMILES string of the molecule is CCCCc1nc(CN2CC3C(CNCc4cccc(OC(F)(F)F)c4)C3C2)c[nH]1. The number of piperidine rings is 1. The van der Waals surface area contributed by atoms with Crippen molar-refractivity contribution < 1.29 is 17.9 Å². The van der Waals surface area contributed by atoms with Crippen molar-refractivity contribution in [3.63, 3.8) is 0 Å². The van der Waals surface area contributed by atoms with Crippen LogP contribution in [0.1, 0.15) is 36.8 Å². The Hall–Kier alpha value is -2.06. The first-order valence-electron chi connectivity index (χ1n) is 10.7. The summed E-state index contributed by atoms with van der Waals surface area (Å²) in [6.07, 6.45) is 0.727. The van der Waals surface area contributed by atoms with E-state index in [9.17, 15) is 13.2 Å². The minimum atomic E-state index is -4.66. The van der Waals surface area contributed by atoms with E-state index < -0.39 is 6.36 Å². The van der Waals surface area contributed by atoms with Crippen molar-refractivity contribution in [2.24, 2.45) is 17.8 Å². The van der Waals surface area contributed by atoms with Gasteiger partial charge in [0.05, 0.1) is 5.69 Å². The molecule has 1 saturated heterocycles. The van der Waals surface area contributed by atoms with Crippen LogP contribution in [0.2, 0.25) is 0 Å². The maximum absolute atomic E-state index is 12.3. The highest BCUT2D eigenvalue weighted by atomic mass is 19.4. The molecule has 0 radical (unpaired) electrons. The van der Waals surface area contributed by atoms with Crippen LogP contribution in [0, 0.1) is 17.8 Å². The molecule has 30 heavy (non-hydrogen) atoms. The molecule has 0 amide bonds. The Morgan fingerprint density at radius 3 is 2.80 bits per heavy atom. The van der Waals surface area contributed by atoms with Crippen LogP contribution in [0.3, 0.4) is 0 Å². The monoisotopic (exact) mass is 422 g/mol. The maximum Gasteiger partial charge on any atom is 0.573 e. The summed E-state index contributed by atoms with van der Waals surface area (Å²) in [5, 5.41) is 3.40. The average Bonchev–Trinajstić information content (AvgIpc) is 3.02. The highest BCUT2D eigenvalue weighted by Crippen LogP contribution is 2.51. The zero-order chi connectivity index (χ0) is 21.1. The van der Waals surface area contributed by atoms with E-state index in [1.165, 1.54) is 18.6 Å². The van der Waals surface area contributed by atoms with Crippen LogP contribution >= 0.6 is 0 Å². The van der Waals surface area contributed by atoms with Gasteiger partial charge in [0.25, 0.3) is 0 Å². The van der Waals surface area contributed by atoms with E-state index >= 15 is 0 Å². The fourth-order valence-electron chi connectivity index (χ4n) is 4.59. The van der Waals surface area contributed by atoms with Gasteiger partial charge in [0.1, 0.15) is 11.6 Å². The molecule has 1 aliphatic heterocycles. The van der Waals surface area contributed by atoms with Crippen LogP contribution in [-0.4, -0.2) is 40.9 Å². The van der Waals surface area contributed by atoms with Gasteiger partial charge in [-0.15, -0.1) is 13.2 Å². The number of halogens is 3. The van der Waals surface area contributed by atoms with Crippen LogP contribution < -0.4 is 10.1 Å². The molecule has 5 nitrogen and oxygen atoms in total. The Morgan fingerprint density at radius 2 is 2.07 bits per heavy atom. The van der Waals surface area contributed by atoms with E-state index in [0.29, 0.717) is 12.5 Å². The van der Waals surface area contributed by atoms with Crippen molar-refractivity contribution in [2.75, 3.05) is 19.6 Å². The minimum absolute atomic E-state index is 0.169. The van der Waals surface area contributed by atoms with E-state index in [2.05, 4.69) is 26.9 Å². The highest BCUT2D eigenvalue weighted by molar-refractivity contribution is 5.28. The molecule has 0 bridgehead atoms. The second-order valence-corrected chi connectivity index (χ2v) is 8.45. The number of ether oxygens (including phenoxy) is 1. The van der Waals surface area contributed by atoms with Gasteiger partial charge in [-0.1, -0.05) is 25.5 Å². The number of unbranched alkanes of at least 4 members (excludes halogenated alkanes) is 1. The summed E-state index contributed by atoms with van der Waals surface area (Å²) in [6, 6.07) is 6.16. The summed E-state index contributed by atoms with van der Waals surface area (Å²) < 4.78 is 41.0. The number of nitrogens with one attached hydrogen (secondary N) is 2. The number of rotatable bonds is 10. The van der Waals surface area contributed by atoms with Crippen molar-refractivity contribution in [3.05, 3.63) is 47.5 Å². The molecule has 2 aliphatic rings. The lowest BCUT2D eigenvalue weighted by Crippen LogP contribution is -2.27. The van der Waals surface area contributed by atoms with Gasteiger partial charge in [0.15, 0.2) is 0 Å². The number of alkyl halides is 3. The van der Waals surface area contributed by atoms with Crippen LogP contribution in [0.25, 0.3) is 0 Å². The van der Waals surface area contributed by atoms with E-state index in [0.717, 1.165) is 67.9 Å². The van der Waals surface area contributed by atoms with Crippen LogP contribution in [0.4, 0.5) is 13.2 Å². The van der Waals surface area contributed by atoms with Crippen LogP contribution in [0.5, 0.6) is 5.75 Å². The number of benzene rings is 1. The number of H-pyrrole nitrogens is 1. The number of nitrogens with zero attached hydrogens (tertiary/aromatic N) is 2. The van der Waals surface area contributed by atoms with E-state index in [1.807, 2.05) is 12.3 Å². The highest BCUT2D eigenvalue weighted by Gasteiger charge is 2.54. The molecule has 4 rings (SSSR count). The molecule has 2 N–H and O–H groups in total. The van der Waals surface area contributed by atoms with Crippen molar-refractivity contribution >= 4 is 0 Å². The van der Waals surface area contributed by atoms with Gasteiger partial charge >= 0.3 is 6.36 Å². The summed E-state index contributed by atoms with van der Waals surface area (Å²) in [7, 11) is 0. The Kier molecular flexibility index (Phi) is 6.34. The van der Waals surface area contributed by atoms with Crippen molar-refractivity contribution in [2.45, 2.75) is 45.6 Å². The lowest BCUT2D eigenvalue weighted by atomic mass is 10.2. The molecule has 0 spiro atoms. The third-order valence-electron chi connectivity index (χ3n) is 6.12. The van der Waals surface area contributed by atoms with Crippen molar-refractivity contribution in [3.8, 4) is 5.75 Å². The second-order valence-electron chi connectivity index (χ2n) is 8.45. The average molecular weight is 422 g/mol. The van der Waals surface area contributed by atoms with Gasteiger partial charge in [-0.25, -0.2) is 4.98 Å². The fourth-order valence-corrected chi connectivity index (χ4v) is 4.59. The number of likely N-dealkylation sites (tertiary alicyclic amines) is 1. The molecule has 8 heteroatoms. The van der Waals surface area contributed by atoms with E-state index in [1.54, 1.807) is 6.07 Å². The molecule has 2 fully saturated rings. The smallest absolute Gasteiger partial charge is 0.406 e. The number of hydrogen-bond donors (Lipinski definition) is 2. The van der Waals surface area contributed by atoms with Gasteiger partial charge in [-0.05, 0) is 48.4 Å². The van der Waals surface area contributed by atoms with Gasteiger partial charge in [-0.2, -0.15) is 0 Å². The number of hydrogen-bond acceptors (Lipinski definition) is 4. The first kappa shape index (κ1) is 21.2. The van der Waals surface area contributed by atoms with Gasteiger partial charge in [-0.3, -0.25) is 4.90 Å². The summed E-state index contributed by atoms with van der Waals surface area (Å²) in [6.45, 7) is 6.73. The molecule has 1 aromatic heterocycles. The zero-order valence-corrected chi connectivity index (χ0v) is 17.2. The summed E-state index contributed by atoms with van der Waals surface area (Å²) >= 11 is 0. The predicted octanol–water partition coefficient (Wildman–Crippen LogP) is 4.12. The van der Waals surface area contributed by atoms with Crippen LogP contribution in [0.15, 0.2) is 30.5 Å². The number of fused-ring (bicyclic) bond motifs is 1. The van der Waals surface area contributed by atoms with Gasteiger partial charge in [0.2, 0.25) is 0 Å². The number of imidazole rings is 1. The maximum atomic E-state index is 12.3. The lowest BCUT2D eigenvalue weighted by Gasteiger charge is -2.18. The Bertz CT molecular complexity index is 826. The van der Waals surface area contributed by atoms with E-state index in [4.69, 9.17) is 4.98 Å². The lowest BCUT2D eigenvalue weighted by molar-refractivity contribution is -0.274. The molecule has 1 saturated carbocycles. The second kappa shape index (κ2) is 8.98. The zero-order valence-electron chi connectivity index (χ0n) is 17.2. The Balaban J connectivity index is 1.16. The normalized spacial score (nSPS) is 23.5. The topological polar surface area (TPSA) is 53.2 Å². The molecule has 164 valence electrons. The quantitative estimate of drug-likeness (QED) is 0.605. The molecule has 1 aromatic carbocycles. The number of aryl methyl sites for hydroxylation is 1. The molecule has 2 aromatic rings. The summed E-state index contributed by atoms with van der Waals surface area (Å²) in [4.78, 5) is 10.5. The summed E-state index contributed by atoms with van der Waals surface area (Å²) in [5.41, 5.74) is 1.92. The first-order valence-corrected chi connectivity index (χ1v) is 10.7. The van der Waals surface area contributed by atoms with Crippen molar-refractivity contribution in [1.82, 2.24) is 20.2 Å². The van der Waals surface area contributed by atoms with Gasteiger partial charge < -0.3 is 15.0 Å². The molecular weight excluding hydrogens is 393 g/mol. The number of aromatic nitrogens is 2. The third-order valence-corrected chi connectivity index (χ3v) is 6.12. The molecule has 2 unspecified atom stereocenters. The predicted molar refractivity (Wildman–Crippen MR) is 108 cm³/mol. The van der Waals surface area contributed by atoms with E-state index in [-0.39, 0.29) is 5.75 Å². The first-order chi connectivity index (χ1) is 14.4. The minimum Gasteiger partial charge on any atom is -0.406 e. The summed E-state index contributed by atoms with van der Waals surface area (Å²) in [5.74, 6) is 3.02. The molecule has 2 heterocycles. The third kappa shape index (κ3) is 5.55. The largest absolute Gasteiger partial charge is 0.573 e. The Morgan fingerprint density at radius 1 is 1.27 bits per heavy atom. The Labute approximate surface area is 175 Å². The van der Waals surface area contributed by atoms with Gasteiger partial charge in [0, 0.05) is 38.8 Å². The van der Waals surface area contributed by atoms with Crippen molar-refractivity contribution in [1.29, 1.82) is 0 Å². The molecular formula is C22H29F3N4O.